The van der Waals surface area contributed by atoms with E-state index in [1.165, 1.54) is 19.1 Å². The Hall–Kier alpha value is -2.61. The monoisotopic (exact) mass is 339 g/mol. The molecule has 0 aliphatic heterocycles. The van der Waals surface area contributed by atoms with Crippen LogP contribution in [0.2, 0.25) is 0 Å². The second-order valence-corrected chi connectivity index (χ2v) is 6.70. The molecule has 2 aromatic carbocycles. The molecule has 0 heterocycles. The molecule has 0 saturated carbocycles. The highest BCUT2D eigenvalue weighted by Crippen LogP contribution is 2.30. The minimum Gasteiger partial charge on any atom is -0.506 e. The average molecular weight is 339 g/mol. The van der Waals surface area contributed by atoms with E-state index in [9.17, 15) is 22.7 Å². The van der Waals surface area contributed by atoms with E-state index < -0.39 is 38.0 Å². The third kappa shape index (κ3) is 3.42. The van der Waals surface area contributed by atoms with Crippen molar-refractivity contribution in [2.45, 2.75) is 18.7 Å². The van der Waals surface area contributed by atoms with E-state index in [4.69, 9.17) is 5.11 Å². The molecule has 0 aromatic heterocycles. The van der Waals surface area contributed by atoms with Crippen LogP contribution in [-0.2, 0) is 10.0 Å². The molecule has 0 bridgehead atoms. The number of phenols is 1. The SMILES string of the molecule is Cc1ccc(NS(=O)(=O)c2cc(C)cc(C(=O)O)c2O)c(F)c1. The van der Waals surface area contributed by atoms with Crippen molar-refractivity contribution in [1.29, 1.82) is 0 Å². The van der Waals surface area contributed by atoms with Crippen LogP contribution in [0.15, 0.2) is 35.2 Å². The van der Waals surface area contributed by atoms with E-state index in [0.29, 0.717) is 11.1 Å². The van der Waals surface area contributed by atoms with Gasteiger partial charge in [0.25, 0.3) is 10.0 Å². The van der Waals surface area contributed by atoms with Gasteiger partial charge in [-0.25, -0.2) is 17.6 Å². The number of nitrogens with one attached hydrogen (secondary N) is 1. The molecular weight excluding hydrogens is 325 g/mol. The second kappa shape index (κ2) is 5.88. The van der Waals surface area contributed by atoms with Crippen LogP contribution in [-0.4, -0.2) is 24.6 Å². The van der Waals surface area contributed by atoms with Gasteiger partial charge in [-0.3, -0.25) is 4.72 Å². The van der Waals surface area contributed by atoms with Gasteiger partial charge in [0, 0.05) is 0 Å². The van der Waals surface area contributed by atoms with E-state index in [1.54, 1.807) is 6.92 Å². The highest BCUT2D eigenvalue weighted by Gasteiger charge is 2.25. The maximum absolute atomic E-state index is 13.8. The van der Waals surface area contributed by atoms with Gasteiger partial charge in [0.05, 0.1) is 5.69 Å². The molecule has 0 amide bonds. The number of aromatic carboxylic acids is 1. The largest absolute Gasteiger partial charge is 0.506 e. The van der Waals surface area contributed by atoms with Gasteiger partial charge in [-0.2, -0.15) is 0 Å². The Labute approximate surface area is 132 Å². The molecule has 0 aliphatic rings. The Morgan fingerprint density at radius 2 is 1.78 bits per heavy atom. The summed E-state index contributed by atoms with van der Waals surface area (Å²) in [6, 6.07) is 6.16. The maximum atomic E-state index is 13.8. The standard InChI is InChI=1S/C15H14FNO5S/c1-8-3-4-12(11(16)6-8)17-23(21,22)13-7-9(2)5-10(14(13)18)15(19)20/h3-7,17-18H,1-2H3,(H,19,20). The van der Waals surface area contributed by atoms with Gasteiger partial charge < -0.3 is 10.2 Å². The molecule has 6 nitrogen and oxygen atoms in total. The van der Waals surface area contributed by atoms with Gasteiger partial charge in [0.15, 0.2) is 5.75 Å². The summed E-state index contributed by atoms with van der Waals surface area (Å²) in [5.41, 5.74) is 0.0881. The number of carboxylic acids is 1. The summed E-state index contributed by atoms with van der Waals surface area (Å²) in [6.45, 7) is 3.13. The summed E-state index contributed by atoms with van der Waals surface area (Å²) in [6.07, 6.45) is 0. The Balaban J connectivity index is 2.54. The Morgan fingerprint density at radius 1 is 1.13 bits per heavy atom. The van der Waals surface area contributed by atoms with E-state index in [2.05, 4.69) is 0 Å². The molecule has 122 valence electrons. The first-order valence-electron chi connectivity index (χ1n) is 6.47. The zero-order valence-corrected chi connectivity index (χ0v) is 13.1. The van der Waals surface area contributed by atoms with Crippen LogP contribution >= 0.6 is 0 Å². The lowest BCUT2D eigenvalue weighted by Crippen LogP contribution is -2.15. The van der Waals surface area contributed by atoms with Gasteiger partial charge in [0.1, 0.15) is 16.3 Å². The van der Waals surface area contributed by atoms with Gasteiger partial charge in [-0.05, 0) is 49.2 Å². The number of aromatic hydroxyl groups is 1. The van der Waals surface area contributed by atoms with Crippen LogP contribution in [0.1, 0.15) is 21.5 Å². The van der Waals surface area contributed by atoms with Crippen LogP contribution in [0, 0.1) is 19.7 Å². The molecule has 2 aromatic rings. The van der Waals surface area contributed by atoms with Crippen LogP contribution in [0.3, 0.4) is 0 Å². The van der Waals surface area contributed by atoms with Crippen LogP contribution in [0.25, 0.3) is 0 Å². The predicted molar refractivity (Wildman–Crippen MR) is 81.7 cm³/mol. The lowest BCUT2D eigenvalue weighted by atomic mass is 10.1. The molecule has 0 radical (unpaired) electrons. The van der Waals surface area contributed by atoms with Crippen molar-refractivity contribution in [2.24, 2.45) is 0 Å². The molecule has 8 heteroatoms. The molecule has 2 rings (SSSR count). The third-order valence-corrected chi connectivity index (χ3v) is 4.49. The Morgan fingerprint density at radius 3 is 2.35 bits per heavy atom. The number of carbonyl (C=O) groups is 1. The van der Waals surface area contributed by atoms with E-state index in [0.717, 1.165) is 18.2 Å². The van der Waals surface area contributed by atoms with Gasteiger partial charge in [-0.15, -0.1) is 0 Å². The van der Waals surface area contributed by atoms with Crippen molar-refractivity contribution >= 4 is 21.7 Å². The maximum Gasteiger partial charge on any atom is 0.339 e. The number of aryl methyl sites for hydroxylation is 2. The summed E-state index contributed by atoms with van der Waals surface area (Å²) >= 11 is 0. The molecule has 0 spiro atoms. The highest BCUT2D eigenvalue weighted by atomic mass is 32.2. The van der Waals surface area contributed by atoms with Crippen molar-refractivity contribution < 1.29 is 27.8 Å². The molecule has 0 saturated heterocycles. The van der Waals surface area contributed by atoms with Crippen molar-refractivity contribution in [2.75, 3.05) is 4.72 Å². The average Bonchev–Trinajstić information content (AvgIpc) is 2.43. The minimum atomic E-state index is -4.36. The number of hydrogen-bond donors (Lipinski definition) is 3. The molecule has 0 unspecified atom stereocenters. The van der Waals surface area contributed by atoms with Crippen molar-refractivity contribution in [1.82, 2.24) is 0 Å². The number of carboxylic acid groups (broad SMARTS) is 1. The topological polar surface area (TPSA) is 104 Å². The predicted octanol–water partition coefficient (Wildman–Crippen LogP) is 2.65. The minimum absolute atomic E-state index is 0.298. The summed E-state index contributed by atoms with van der Waals surface area (Å²) in [5.74, 6) is -3.15. The lowest BCUT2D eigenvalue weighted by Gasteiger charge is -2.12. The second-order valence-electron chi connectivity index (χ2n) is 5.05. The quantitative estimate of drug-likeness (QED) is 0.794. The first-order valence-corrected chi connectivity index (χ1v) is 7.96. The molecule has 0 fully saturated rings. The molecule has 0 aliphatic carbocycles. The van der Waals surface area contributed by atoms with E-state index >= 15 is 0 Å². The zero-order chi connectivity index (χ0) is 17.4. The Bertz CT molecular complexity index is 893. The van der Waals surface area contributed by atoms with Crippen molar-refractivity contribution in [3.05, 3.63) is 52.8 Å². The molecule has 23 heavy (non-hydrogen) atoms. The van der Waals surface area contributed by atoms with Crippen molar-refractivity contribution in [3.8, 4) is 5.75 Å². The van der Waals surface area contributed by atoms with Crippen LogP contribution < -0.4 is 4.72 Å². The van der Waals surface area contributed by atoms with Gasteiger partial charge >= 0.3 is 5.97 Å². The lowest BCUT2D eigenvalue weighted by molar-refractivity contribution is 0.0693. The van der Waals surface area contributed by atoms with Gasteiger partial charge in [-0.1, -0.05) is 6.07 Å². The number of anilines is 1. The molecule has 0 atom stereocenters. The van der Waals surface area contributed by atoms with E-state index in [1.807, 2.05) is 4.72 Å². The number of halogens is 1. The smallest absolute Gasteiger partial charge is 0.339 e. The third-order valence-electron chi connectivity index (χ3n) is 3.11. The number of benzene rings is 2. The molecular formula is C15H14FNO5S. The highest BCUT2D eigenvalue weighted by molar-refractivity contribution is 7.92. The summed E-state index contributed by atoms with van der Waals surface area (Å²) in [4.78, 5) is 10.4. The number of rotatable bonds is 4. The zero-order valence-electron chi connectivity index (χ0n) is 12.3. The first kappa shape index (κ1) is 16.8. The summed E-state index contributed by atoms with van der Waals surface area (Å²) < 4.78 is 40.5. The fourth-order valence-electron chi connectivity index (χ4n) is 2.02. The Kier molecular flexibility index (Phi) is 4.28. The summed E-state index contributed by atoms with van der Waals surface area (Å²) in [5, 5.41) is 18.9. The molecule has 3 N–H and O–H groups in total. The number of sulfonamides is 1. The van der Waals surface area contributed by atoms with Crippen LogP contribution in [0.4, 0.5) is 10.1 Å². The summed E-state index contributed by atoms with van der Waals surface area (Å²) in [7, 11) is -4.36. The van der Waals surface area contributed by atoms with E-state index in [-0.39, 0.29) is 5.69 Å². The van der Waals surface area contributed by atoms with Crippen molar-refractivity contribution in [3.63, 3.8) is 0 Å². The fraction of sp³-hybridized carbons (Fsp3) is 0.133. The number of hydrogen-bond acceptors (Lipinski definition) is 4. The first-order chi connectivity index (χ1) is 10.6. The van der Waals surface area contributed by atoms with Gasteiger partial charge in [0.2, 0.25) is 0 Å². The fourth-order valence-corrected chi connectivity index (χ4v) is 3.29. The normalized spacial score (nSPS) is 11.3. The van der Waals surface area contributed by atoms with Crippen LogP contribution in [0.5, 0.6) is 5.75 Å².